The fourth-order valence-corrected chi connectivity index (χ4v) is 2.45. The molecule has 3 N–H and O–H groups in total. The molecule has 0 saturated carbocycles. The van der Waals surface area contributed by atoms with Gasteiger partial charge in [-0.05, 0) is 30.7 Å². The summed E-state index contributed by atoms with van der Waals surface area (Å²) in [5, 5.41) is 18.6. The monoisotopic (exact) mass is 361 g/mol. The van der Waals surface area contributed by atoms with E-state index < -0.39 is 34.5 Å². The van der Waals surface area contributed by atoms with Crippen molar-refractivity contribution >= 4 is 16.9 Å². The predicted molar refractivity (Wildman–Crippen MR) is 93.5 cm³/mol. The molecule has 1 aromatic heterocycles. The Balaban J connectivity index is 0.000000197. The Morgan fingerprint density at radius 2 is 1.69 bits per heavy atom. The van der Waals surface area contributed by atoms with Gasteiger partial charge in [0.25, 0.3) is 5.56 Å². The van der Waals surface area contributed by atoms with Gasteiger partial charge in [-0.25, -0.2) is 13.6 Å². The topological polar surface area (TPSA) is 90.4 Å². The number of halogens is 2. The third-order valence-electron chi connectivity index (χ3n) is 3.67. The van der Waals surface area contributed by atoms with E-state index in [2.05, 4.69) is 4.98 Å². The van der Waals surface area contributed by atoms with Gasteiger partial charge in [0, 0.05) is 10.9 Å². The highest BCUT2D eigenvalue weighted by atomic mass is 19.1. The number of nitrogens with one attached hydrogen (secondary N) is 1. The normalized spacial score (nSPS) is 10.3. The molecule has 5 nitrogen and oxygen atoms in total. The number of carbonyl (C=O) groups is 1. The average molecular weight is 361 g/mol. The number of fused-ring (bicyclic) bond motifs is 1. The van der Waals surface area contributed by atoms with Gasteiger partial charge < -0.3 is 15.2 Å². The largest absolute Gasteiger partial charge is 0.506 e. The van der Waals surface area contributed by atoms with Crippen LogP contribution < -0.4 is 5.56 Å². The number of hydrogen-bond donors (Lipinski definition) is 3. The zero-order chi connectivity index (χ0) is 19.3. The molecule has 0 bridgehead atoms. The number of aromatic hydroxyl groups is 1. The molecule has 0 aliphatic carbocycles. The molecule has 7 heteroatoms. The van der Waals surface area contributed by atoms with Crippen molar-refractivity contribution in [1.29, 1.82) is 0 Å². The minimum Gasteiger partial charge on any atom is -0.506 e. The van der Waals surface area contributed by atoms with Gasteiger partial charge in [0.15, 0.2) is 5.56 Å². The minimum absolute atomic E-state index is 0.204. The van der Waals surface area contributed by atoms with Crippen LogP contribution in [0.4, 0.5) is 8.78 Å². The van der Waals surface area contributed by atoms with Gasteiger partial charge in [-0.3, -0.25) is 4.79 Å². The van der Waals surface area contributed by atoms with Crippen molar-refractivity contribution in [2.45, 2.75) is 19.8 Å². The van der Waals surface area contributed by atoms with Crippen molar-refractivity contribution in [3.63, 3.8) is 0 Å². The van der Waals surface area contributed by atoms with Gasteiger partial charge in [0.1, 0.15) is 17.4 Å². The van der Waals surface area contributed by atoms with E-state index in [9.17, 15) is 23.5 Å². The summed E-state index contributed by atoms with van der Waals surface area (Å²) in [5.74, 6) is -2.82. The van der Waals surface area contributed by atoms with Crippen LogP contribution in [0.3, 0.4) is 0 Å². The van der Waals surface area contributed by atoms with Crippen molar-refractivity contribution in [3.05, 3.63) is 75.6 Å². The van der Waals surface area contributed by atoms with Crippen LogP contribution in [0.5, 0.6) is 5.75 Å². The molecule has 1 heterocycles. The number of aromatic amines is 1. The molecule has 0 aliphatic heterocycles. The first-order chi connectivity index (χ1) is 12.4. The lowest BCUT2D eigenvalue weighted by molar-refractivity contribution is 0.0692. The van der Waals surface area contributed by atoms with Crippen LogP contribution in [0.2, 0.25) is 0 Å². The van der Waals surface area contributed by atoms with Crippen LogP contribution >= 0.6 is 0 Å². The number of hydrogen-bond acceptors (Lipinski definition) is 3. The maximum atomic E-state index is 12.8. The molecule has 0 unspecified atom stereocenters. The lowest BCUT2D eigenvalue weighted by Crippen LogP contribution is -2.17. The van der Waals surface area contributed by atoms with Crippen molar-refractivity contribution < 1.29 is 23.8 Å². The van der Waals surface area contributed by atoms with E-state index in [1.54, 1.807) is 18.2 Å². The number of carboxylic acids is 1. The Morgan fingerprint density at radius 1 is 1.08 bits per heavy atom. The third-order valence-corrected chi connectivity index (χ3v) is 3.67. The zero-order valence-electron chi connectivity index (χ0n) is 13.9. The van der Waals surface area contributed by atoms with Crippen LogP contribution in [-0.4, -0.2) is 21.2 Å². The SMILES string of the molecule is CCCc1c(F)cccc1F.O=C(O)c1c(O)c2ccccc2[nH]c1=O. The highest BCUT2D eigenvalue weighted by molar-refractivity contribution is 5.98. The van der Waals surface area contributed by atoms with Crippen molar-refractivity contribution in [3.8, 4) is 5.75 Å². The van der Waals surface area contributed by atoms with E-state index in [1.807, 2.05) is 6.92 Å². The second kappa shape index (κ2) is 8.24. The smallest absolute Gasteiger partial charge is 0.345 e. The summed E-state index contributed by atoms with van der Waals surface area (Å²) in [4.78, 5) is 24.4. The summed E-state index contributed by atoms with van der Waals surface area (Å²) in [5.41, 5.74) is -0.826. The van der Waals surface area contributed by atoms with Crippen LogP contribution in [-0.2, 0) is 6.42 Å². The van der Waals surface area contributed by atoms with Gasteiger partial charge in [0.05, 0.1) is 5.52 Å². The first kappa shape index (κ1) is 19.1. The Hall–Kier alpha value is -3.22. The van der Waals surface area contributed by atoms with E-state index in [-0.39, 0.29) is 5.56 Å². The summed E-state index contributed by atoms with van der Waals surface area (Å²) in [6, 6.07) is 10.4. The predicted octanol–water partition coefficient (Wildman–Crippen LogP) is 3.85. The maximum Gasteiger partial charge on any atom is 0.345 e. The molecular formula is C19H17F2NO4. The first-order valence-electron chi connectivity index (χ1n) is 7.87. The zero-order valence-corrected chi connectivity index (χ0v) is 13.9. The second-order valence-electron chi connectivity index (χ2n) is 5.48. The average Bonchev–Trinajstić information content (AvgIpc) is 2.58. The van der Waals surface area contributed by atoms with Crippen molar-refractivity contribution in [2.75, 3.05) is 0 Å². The second-order valence-corrected chi connectivity index (χ2v) is 5.48. The summed E-state index contributed by atoms with van der Waals surface area (Å²) in [6.07, 6.45) is 1.23. The number of aromatic carboxylic acids is 1. The fraction of sp³-hybridized carbons (Fsp3) is 0.158. The molecule has 2 aromatic carbocycles. The summed E-state index contributed by atoms with van der Waals surface area (Å²) in [6.45, 7) is 1.89. The quantitative estimate of drug-likeness (QED) is 0.661. The van der Waals surface area contributed by atoms with Gasteiger partial charge in [-0.15, -0.1) is 0 Å². The number of H-pyrrole nitrogens is 1. The minimum atomic E-state index is -1.44. The van der Waals surface area contributed by atoms with E-state index >= 15 is 0 Å². The molecule has 3 rings (SSSR count). The molecule has 26 heavy (non-hydrogen) atoms. The van der Waals surface area contributed by atoms with Crippen LogP contribution in [0.25, 0.3) is 10.9 Å². The highest BCUT2D eigenvalue weighted by Gasteiger charge is 2.17. The molecule has 136 valence electrons. The molecule has 0 radical (unpaired) electrons. The molecule has 0 spiro atoms. The van der Waals surface area contributed by atoms with Crippen LogP contribution in [0.15, 0.2) is 47.3 Å². The van der Waals surface area contributed by atoms with Gasteiger partial charge in [0.2, 0.25) is 0 Å². The van der Waals surface area contributed by atoms with Crippen LogP contribution in [0.1, 0.15) is 29.3 Å². The number of rotatable bonds is 3. The Morgan fingerprint density at radius 3 is 2.27 bits per heavy atom. The van der Waals surface area contributed by atoms with E-state index in [4.69, 9.17) is 5.11 Å². The highest BCUT2D eigenvalue weighted by Crippen LogP contribution is 2.24. The number of para-hydroxylation sites is 1. The van der Waals surface area contributed by atoms with Crippen LogP contribution in [0, 0.1) is 11.6 Å². The van der Waals surface area contributed by atoms with Gasteiger partial charge in [-0.1, -0.05) is 31.5 Å². The number of aromatic nitrogens is 1. The summed E-state index contributed by atoms with van der Waals surface area (Å²) >= 11 is 0. The lowest BCUT2D eigenvalue weighted by atomic mass is 10.1. The number of benzene rings is 2. The van der Waals surface area contributed by atoms with Gasteiger partial charge >= 0.3 is 5.97 Å². The van der Waals surface area contributed by atoms with Crippen molar-refractivity contribution in [2.24, 2.45) is 0 Å². The first-order valence-corrected chi connectivity index (χ1v) is 7.87. The molecular weight excluding hydrogens is 344 g/mol. The van der Waals surface area contributed by atoms with E-state index in [0.717, 1.165) is 6.42 Å². The molecule has 0 aliphatic rings. The molecule has 0 fully saturated rings. The van der Waals surface area contributed by atoms with E-state index in [0.29, 0.717) is 17.3 Å². The fourth-order valence-electron chi connectivity index (χ4n) is 2.45. The summed E-state index contributed by atoms with van der Waals surface area (Å²) in [7, 11) is 0. The summed E-state index contributed by atoms with van der Waals surface area (Å²) < 4.78 is 25.6. The third kappa shape index (κ3) is 4.05. The Bertz CT molecular complexity index is 978. The Labute approximate surface area is 147 Å². The van der Waals surface area contributed by atoms with Gasteiger partial charge in [-0.2, -0.15) is 0 Å². The Kier molecular flexibility index (Phi) is 6.06. The molecule has 0 amide bonds. The number of pyridine rings is 1. The maximum absolute atomic E-state index is 12.8. The van der Waals surface area contributed by atoms with E-state index in [1.165, 1.54) is 24.3 Å². The lowest BCUT2D eigenvalue weighted by Gasteiger charge is -2.03. The molecule has 0 saturated heterocycles. The number of carboxylic acid groups (broad SMARTS) is 1. The molecule has 3 aromatic rings. The molecule has 0 atom stereocenters. The standard InChI is InChI=1S/C10H7NO4.C9H10F2/c12-8-5-3-1-2-4-6(5)11-9(13)7(8)10(14)15;1-2-4-7-8(10)5-3-6-9(7)11/h1-4H,(H,14,15)(H2,11,12,13);3,5-6H,2,4H2,1H3. The van der Waals surface area contributed by atoms with Crippen molar-refractivity contribution in [1.82, 2.24) is 4.98 Å².